The number of hydrogen-bond donors (Lipinski definition) is 0. The Morgan fingerprint density at radius 3 is 2.60 bits per heavy atom. The molecular weight excluding hydrogens is 180 g/mol. The summed E-state index contributed by atoms with van der Waals surface area (Å²) in [6.07, 6.45) is 6.22. The molecule has 0 radical (unpaired) electrons. The topological polar surface area (TPSA) is 0 Å². The Bertz CT molecular complexity index is 481. The molecular formula is C15H14. The summed E-state index contributed by atoms with van der Waals surface area (Å²) in [5, 5.41) is 0. The highest BCUT2D eigenvalue weighted by atomic mass is 14.5. The van der Waals surface area contributed by atoms with Crippen LogP contribution in [0.15, 0.2) is 43.0 Å². The Kier molecular flexibility index (Phi) is 1.29. The Morgan fingerprint density at radius 1 is 1.00 bits per heavy atom. The van der Waals surface area contributed by atoms with Crippen LogP contribution >= 0.6 is 0 Å². The van der Waals surface area contributed by atoms with Gasteiger partial charge in [0.25, 0.3) is 0 Å². The summed E-state index contributed by atoms with van der Waals surface area (Å²) in [5.74, 6) is 3.04. The molecule has 4 rings (SSSR count). The SMILES string of the molecule is C=C1c2ccccc2[C@@H]2C3C=CC(C3)[C@H]12. The van der Waals surface area contributed by atoms with E-state index in [0.29, 0.717) is 0 Å². The van der Waals surface area contributed by atoms with Crippen molar-refractivity contribution in [3.8, 4) is 0 Å². The lowest BCUT2D eigenvalue weighted by Crippen LogP contribution is -2.11. The molecule has 1 saturated carbocycles. The quantitative estimate of drug-likeness (QED) is 0.553. The Labute approximate surface area is 90.3 Å². The molecule has 0 heteroatoms. The summed E-state index contributed by atoms with van der Waals surface area (Å²) >= 11 is 0. The van der Waals surface area contributed by atoms with Crippen LogP contribution in [0.4, 0.5) is 0 Å². The maximum Gasteiger partial charge on any atom is -0.00183 e. The largest absolute Gasteiger partial charge is 0.0949 e. The van der Waals surface area contributed by atoms with E-state index < -0.39 is 0 Å². The van der Waals surface area contributed by atoms with Gasteiger partial charge in [-0.05, 0) is 46.8 Å². The summed E-state index contributed by atoms with van der Waals surface area (Å²) in [7, 11) is 0. The van der Waals surface area contributed by atoms with Crippen molar-refractivity contribution in [3.05, 3.63) is 54.1 Å². The summed E-state index contributed by atoms with van der Waals surface area (Å²) in [6.45, 7) is 4.32. The predicted molar refractivity (Wildman–Crippen MR) is 62.4 cm³/mol. The minimum absolute atomic E-state index is 0.720. The highest BCUT2D eigenvalue weighted by molar-refractivity contribution is 5.76. The van der Waals surface area contributed by atoms with Crippen molar-refractivity contribution < 1.29 is 0 Å². The van der Waals surface area contributed by atoms with E-state index >= 15 is 0 Å². The van der Waals surface area contributed by atoms with Crippen LogP contribution in [-0.2, 0) is 0 Å². The van der Waals surface area contributed by atoms with Crippen LogP contribution in [0.3, 0.4) is 0 Å². The molecule has 0 spiro atoms. The lowest BCUT2D eigenvalue weighted by Gasteiger charge is -2.21. The lowest BCUT2D eigenvalue weighted by molar-refractivity contribution is 0.514. The molecule has 0 saturated heterocycles. The fourth-order valence-corrected chi connectivity index (χ4v) is 3.98. The van der Waals surface area contributed by atoms with Crippen LogP contribution in [0.5, 0.6) is 0 Å². The second kappa shape index (κ2) is 2.44. The highest BCUT2D eigenvalue weighted by Gasteiger charge is 2.50. The van der Waals surface area contributed by atoms with Gasteiger partial charge in [-0.3, -0.25) is 0 Å². The van der Waals surface area contributed by atoms with Crippen LogP contribution in [0.2, 0.25) is 0 Å². The second-order valence-electron chi connectivity index (χ2n) is 5.11. The average Bonchev–Trinajstić information content (AvgIpc) is 2.92. The number of hydrogen-bond acceptors (Lipinski definition) is 0. The first-order valence-electron chi connectivity index (χ1n) is 5.82. The van der Waals surface area contributed by atoms with Crippen molar-refractivity contribution in [2.45, 2.75) is 12.3 Å². The van der Waals surface area contributed by atoms with E-state index in [4.69, 9.17) is 0 Å². The monoisotopic (exact) mass is 194 g/mol. The van der Waals surface area contributed by atoms with Gasteiger partial charge in [0.1, 0.15) is 0 Å². The van der Waals surface area contributed by atoms with Gasteiger partial charge in [0.2, 0.25) is 0 Å². The fourth-order valence-electron chi connectivity index (χ4n) is 3.98. The molecule has 1 aromatic carbocycles. The summed E-state index contributed by atoms with van der Waals surface area (Å²) in [4.78, 5) is 0. The molecule has 0 N–H and O–H groups in total. The zero-order chi connectivity index (χ0) is 9.99. The first-order valence-corrected chi connectivity index (χ1v) is 5.82. The van der Waals surface area contributed by atoms with Gasteiger partial charge >= 0.3 is 0 Å². The zero-order valence-corrected chi connectivity index (χ0v) is 8.69. The molecule has 0 heterocycles. The van der Waals surface area contributed by atoms with E-state index in [9.17, 15) is 0 Å². The third-order valence-electron chi connectivity index (χ3n) is 4.53. The van der Waals surface area contributed by atoms with Crippen LogP contribution in [0.25, 0.3) is 5.57 Å². The first-order chi connectivity index (χ1) is 7.36. The van der Waals surface area contributed by atoms with Crippen molar-refractivity contribution in [3.63, 3.8) is 0 Å². The van der Waals surface area contributed by atoms with Gasteiger partial charge in [0.05, 0.1) is 0 Å². The normalized spacial score (nSPS) is 39.6. The molecule has 0 aromatic heterocycles. The Hall–Kier alpha value is -1.30. The predicted octanol–water partition coefficient (Wildman–Crippen LogP) is 3.62. The van der Waals surface area contributed by atoms with Gasteiger partial charge in [-0.15, -0.1) is 0 Å². The van der Waals surface area contributed by atoms with Crippen molar-refractivity contribution >= 4 is 5.57 Å². The molecule has 3 aliphatic rings. The third-order valence-corrected chi connectivity index (χ3v) is 4.53. The van der Waals surface area contributed by atoms with Crippen molar-refractivity contribution in [1.82, 2.24) is 0 Å². The second-order valence-corrected chi connectivity index (χ2v) is 5.11. The molecule has 0 amide bonds. The van der Waals surface area contributed by atoms with E-state index in [0.717, 1.165) is 23.7 Å². The van der Waals surface area contributed by atoms with Gasteiger partial charge in [0.15, 0.2) is 0 Å². The molecule has 0 nitrogen and oxygen atoms in total. The molecule has 74 valence electrons. The molecule has 1 aromatic rings. The highest BCUT2D eigenvalue weighted by Crippen LogP contribution is 2.62. The first kappa shape index (κ1) is 7.92. The molecule has 1 fully saturated rings. The number of allylic oxidation sites excluding steroid dienone is 3. The zero-order valence-electron chi connectivity index (χ0n) is 8.69. The van der Waals surface area contributed by atoms with Gasteiger partial charge in [0, 0.05) is 0 Å². The summed E-state index contributed by atoms with van der Waals surface area (Å²) in [6, 6.07) is 8.86. The van der Waals surface area contributed by atoms with E-state index in [1.807, 2.05) is 0 Å². The van der Waals surface area contributed by atoms with Crippen molar-refractivity contribution in [1.29, 1.82) is 0 Å². The summed E-state index contributed by atoms with van der Waals surface area (Å²) < 4.78 is 0. The van der Waals surface area contributed by atoms with E-state index in [1.54, 1.807) is 5.56 Å². The van der Waals surface area contributed by atoms with Crippen molar-refractivity contribution in [2.75, 3.05) is 0 Å². The number of rotatable bonds is 0. The van der Waals surface area contributed by atoms with Gasteiger partial charge < -0.3 is 0 Å². The standard InChI is InChI=1S/C15H14/c1-9-12-4-2-3-5-13(12)15-11-7-6-10(8-11)14(9)15/h2-7,10-11,14-15H,1,8H2/t10?,11?,14-,15-/m0/s1. The third kappa shape index (κ3) is 0.797. The Morgan fingerprint density at radius 2 is 1.73 bits per heavy atom. The van der Waals surface area contributed by atoms with Crippen molar-refractivity contribution in [2.24, 2.45) is 17.8 Å². The Balaban J connectivity index is 1.96. The average molecular weight is 194 g/mol. The molecule has 2 unspecified atom stereocenters. The van der Waals surface area contributed by atoms with Crippen LogP contribution < -0.4 is 0 Å². The fraction of sp³-hybridized carbons (Fsp3) is 0.333. The number of benzene rings is 1. The maximum absolute atomic E-state index is 4.32. The maximum atomic E-state index is 4.32. The van der Waals surface area contributed by atoms with E-state index in [-0.39, 0.29) is 0 Å². The van der Waals surface area contributed by atoms with Crippen LogP contribution in [-0.4, -0.2) is 0 Å². The molecule has 4 atom stereocenters. The van der Waals surface area contributed by atoms with Gasteiger partial charge in [-0.2, -0.15) is 0 Å². The molecule has 0 aliphatic heterocycles. The molecule has 2 bridgehead atoms. The van der Waals surface area contributed by atoms with Crippen LogP contribution in [0.1, 0.15) is 23.5 Å². The minimum Gasteiger partial charge on any atom is -0.0949 e. The van der Waals surface area contributed by atoms with Gasteiger partial charge in [-0.1, -0.05) is 43.0 Å². The van der Waals surface area contributed by atoms with E-state index in [2.05, 4.69) is 43.0 Å². The molecule has 15 heavy (non-hydrogen) atoms. The smallest absolute Gasteiger partial charge is 0.00183 e. The lowest BCUT2D eigenvalue weighted by atomic mass is 9.82. The number of fused-ring (bicyclic) bond motifs is 7. The summed E-state index contributed by atoms with van der Waals surface area (Å²) in [5.41, 5.74) is 4.39. The van der Waals surface area contributed by atoms with Crippen LogP contribution in [0, 0.1) is 17.8 Å². The van der Waals surface area contributed by atoms with E-state index in [1.165, 1.54) is 17.6 Å². The van der Waals surface area contributed by atoms with Gasteiger partial charge in [-0.25, -0.2) is 0 Å². The minimum atomic E-state index is 0.720. The molecule has 3 aliphatic carbocycles.